The van der Waals surface area contributed by atoms with Gasteiger partial charge in [0.25, 0.3) is 0 Å². The summed E-state index contributed by atoms with van der Waals surface area (Å²) in [7, 11) is 0. The maximum atomic E-state index is 10.9. The molecule has 0 bridgehead atoms. The maximum Gasteiger partial charge on any atom is 0.308 e. The fourth-order valence-electron chi connectivity index (χ4n) is 1.67. The number of hydrogen-bond acceptors (Lipinski definition) is 2. The SMILES string of the molecule is CC(CN(c1ccc(Cl)cc1Cl)C(C)C)C(=O)O. The predicted molar refractivity (Wildman–Crippen MR) is 75.7 cm³/mol. The van der Waals surface area contributed by atoms with Crippen molar-refractivity contribution < 1.29 is 9.90 Å². The van der Waals surface area contributed by atoms with Gasteiger partial charge in [0.1, 0.15) is 0 Å². The molecule has 1 atom stereocenters. The molecule has 0 aliphatic rings. The van der Waals surface area contributed by atoms with Gasteiger partial charge in [-0.25, -0.2) is 0 Å². The van der Waals surface area contributed by atoms with Crippen LogP contribution in [0.2, 0.25) is 10.0 Å². The standard InChI is InChI=1S/C13H17Cl2NO2/c1-8(2)16(7-9(3)13(17)18)12-5-4-10(14)6-11(12)15/h4-6,8-9H,7H2,1-3H3,(H,17,18). The van der Waals surface area contributed by atoms with Crippen LogP contribution in [-0.4, -0.2) is 23.7 Å². The molecular formula is C13H17Cl2NO2. The first-order chi connectivity index (χ1) is 8.32. The summed E-state index contributed by atoms with van der Waals surface area (Å²) in [4.78, 5) is 12.9. The van der Waals surface area contributed by atoms with Crippen LogP contribution in [0.15, 0.2) is 18.2 Å². The average Bonchev–Trinajstić information content (AvgIpc) is 2.26. The molecule has 0 amide bonds. The van der Waals surface area contributed by atoms with Crippen LogP contribution in [0.4, 0.5) is 5.69 Å². The Bertz CT molecular complexity index is 435. The minimum absolute atomic E-state index is 0.158. The Morgan fingerprint density at radius 2 is 1.94 bits per heavy atom. The Labute approximate surface area is 117 Å². The number of hydrogen-bond donors (Lipinski definition) is 1. The highest BCUT2D eigenvalue weighted by atomic mass is 35.5. The minimum Gasteiger partial charge on any atom is -0.481 e. The first kappa shape index (κ1) is 15.1. The number of aliphatic carboxylic acids is 1. The molecule has 0 spiro atoms. The van der Waals surface area contributed by atoms with Crippen molar-refractivity contribution in [3.05, 3.63) is 28.2 Å². The summed E-state index contributed by atoms with van der Waals surface area (Å²) in [6.45, 7) is 6.09. The predicted octanol–water partition coefficient (Wildman–Crippen LogP) is 3.93. The van der Waals surface area contributed by atoms with E-state index in [0.717, 1.165) is 5.69 Å². The highest BCUT2D eigenvalue weighted by Gasteiger charge is 2.20. The zero-order chi connectivity index (χ0) is 13.9. The van der Waals surface area contributed by atoms with Gasteiger partial charge in [-0.15, -0.1) is 0 Å². The highest BCUT2D eigenvalue weighted by molar-refractivity contribution is 6.36. The fourth-order valence-corrected chi connectivity index (χ4v) is 2.19. The Morgan fingerprint density at radius 1 is 1.33 bits per heavy atom. The molecule has 1 unspecified atom stereocenters. The van der Waals surface area contributed by atoms with E-state index in [4.69, 9.17) is 28.3 Å². The van der Waals surface area contributed by atoms with Crippen molar-refractivity contribution in [1.29, 1.82) is 0 Å². The van der Waals surface area contributed by atoms with Gasteiger partial charge in [0.05, 0.1) is 16.6 Å². The molecular weight excluding hydrogens is 273 g/mol. The van der Waals surface area contributed by atoms with Crippen LogP contribution in [0.25, 0.3) is 0 Å². The summed E-state index contributed by atoms with van der Waals surface area (Å²) < 4.78 is 0. The molecule has 0 aromatic heterocycles. The van der Waals surface area contributed by atoms with E-state index in [1.807, 2.05) is 24.8 Å². The van der Waals surface area contributed by atoms with E-state index >= 15 is 0 Å². The summed E-state index contributed by atoms with van der Waals surface area (Å²) in [6.07, 6.45) is 0. The number of anilines is 1. The van der Waals surface area contributed by atoms with Crippen molar-refractivity contribution in [2.45, 2.75) is 26.8 Å². The third-order valence-electron chi connectivity index (χ3n) is 2.73. The number of rotatable bonds is 5. The second kappa shape index (κ2) is 6.30. The Hall–Kier alpha value is -0.930. The Balaban J connectivity index is 3.01. The molecule has 0 fully saturated rings. The minimum atomic E-state index is -0.814. The molecule has 0 heterocycles. The van der Waals surface area contributed by atoms with Gasteiger partial charge < -0.3 is 10.0 Å². The molecule has 100 valence electrons. The van der Waals surface area contributed by atoms with Crippen molar-refractivity contribution in [1.82, 2.24) is 0 Å². The van der Waals surface area contributed by atoms with E-state index in [-0.39, 0.29) is 6.04 Å². The zero-order valence-electron chi connectivity index (χ0n) is 10.7. The molecule has 5 heteroatoms. The van der Waals surface area contributed by atoms with Gasteiger partial charge in [0, 0.05) is 17.6 Å². The van der Waals surface area contributed by atoms with Gasteiger partial charge in [-0.05, 0) is 32.0 Å². The maximum absolute atomic E-state index is 10.9. The number of carboxylic acids is 1. The van der Waals surface area contributed by atoms with Crippen LogP contribution >= 0.6 is 23.2 Å². The van der Waals surface area contributed by atoms with Crippen LogP contribution in [0.3, 0.4) is 0 Å². The molecule has 0 saturated heterocycles. The molecule has 18 heavy (non-hydrogen) atoms. The topological polar surface area (TPSA) is 40.5 Å². The lowest BCUT2D eigenvalue weighted by molar-refractivity contribution is -0.140. The number of benzene rings is 1. The van der Waals surface area contributed by atoms with Crippen LogP contribution in [0, 0.1) is 5.92 Å². The molecule has 0 aliphatic carbocycles. The monoisotopic (exact) mass is 289 g/mol. The van der Waals surface area contributed by atoms with Gasteiger partial charge in [0.15, 0.2) is 0 Å². The lowest BCUT2D eigenvalue weighted by atomic mass is 10.1. The first-order valence-electron chi connectivity index (χ1n) is 5.77. The van der Waals surface area contributed by atoms with E-state index in [1.165, 1.54) is 0 Å². The van der Waals surface area contributed by atoms with Crippen molar-refractivity contribution in [2.24, 2.45) is 5.92 Å². The van der Waals surface area contributed by atoms with Gasteiger partial charge in [-0.2, -0.15) is 0 Å². The highest BCUT2D eigenvalue weighted by Crippen LogP contribution is 2.30. The summed E-state index contributed by atoms with van der Waals surface area (Å²) >= 11 is 12.0. The van der Waals surface area contributed by atoms with Gasteiger partial charge >= 0.3 is 5.97 Å². The Kier molecular flexibility index (Phi) is 5.29. The van der Waals surface area contributed by atoms with Crippen molar-refractivity contribution >= 4 is 34.9 Å². The van der Waals surface area contributed by atoms with E-state index in [9.17, 15) is 4.79 Å². The summed E-state index contributed by atoms with van der Waals surface area (Å²) in [6, 6.07) is 5.40. The number of carbonyl (C=O) groups is 1. The molecule has 1 aromatic rings. The van der Waals surface area contributed by atoms with E-state index in [0.29, 0.717) is 16.6 Å². The summed E-state index contributed by atoms with van der Waals surface area (Å²) in [5.74, 6) is -1.27. The second-order valence-electron chi connectivity index (χ2n) is 4.58. The van der Waals surface area contributed by atoms with E-state index in [2.05, 4.69) is 0 Å². The molecule has 3 nitrogen and oxygen atoms in total. The van der Waals surface area contributed by atoms with Gasteiger partial charge in [-0.1, -0.05) is 30.1 Å². The van der Waals surface area contributed by atoms with E-state index in [1.54, 1.807) is 19.1 Å². The summed E-state index contributed by atoms with van der Waals surface area (Å²) in [5.41, 5.74) is 0.809. The Morgan fingerprint density at radius 3 is 2.39 bits per heavy atom. The van der Waals surface area contributed by atoms with Crippen molar-refractivity contribution in [3.8, 4) is 0 Å². The van der Waals surface area contributed by atoms with Crippen molar-refractivity contribution in [2.75, 3.05) is 11.4 Å². The zero-order valence-corrected chi connectivity index (χ0v) is 12.2. The fraction of sp³-hybridized carbons (Fsp3) is 0.462. The lowest BCUT2D eigenvalue weighted by Crippen LogP contribution is -2.37. The number of carboxylic acid groups (broad SMARTS) is 1. The second-order valence-corrected chi connectivity index (χ2v) is 5.42. The normalized spacial score (nSPS) is 12.6. The molecule has 1 rings (SSSR count). The third-order valence-corrected chi connectivity index (χ3v) is 3.27. The van der Waals surface area contributed by atoms with Crippen LogP contribution in [-0.2, 0) is 4.79 Å². The van der Waals surface area contributed by atoms with E-state index < -0.39 is 11.9 Å². The van der Waals surface area contributed by atoms with Gasteiger partial charge in [-0.3, -0.25) is 4.79 Å². The molecule has 0 aliphatic heterocycles. The molecule has 0 saturated carbocycles. The number of halogens is 2. The van der Waals surface area contributed by atoms with Crippen LogP contribution < -0.4 is 4.90 Å². The van der Waals surface area contributed by atoms with Crippen LogP contribution in [0.5, 0.6) is 0 Å². The smallest absolute Gasteiger partial charge is 0.308 e. The first-order valence-corrected chi connectivity index (χ1v) is 6.53. The number of nitrogens with zero attached hydrogens (tertiary/aromatic N) is 1. The summed E-state index contributed by atoms with van der Waals surface area (Å²) in [5, 5.41) is 10.1. The molecule has 1 aromatic carbocycles. The lowest BCUT2D eigenvalue weighted by Gasteiger charge is -2.31. The third kappa shape index (κ3) is 3.79. The molecule has 1 N–H and O–H groups in total. The van der Waals surface area contributed by atoms with Crippen molar-refractivity contribution in [3.63, 3.8) is 0 Å². The quantitative estimate of drug-likeness (QED) is 0.893. The van der Waals surface area contributed by atoms with Crippen LogP contribution in [0.1, 0.15) is 20.8 Å². The van der Waals surface area contributed by atoms with Gasteiger partial charge in [0.2, 0.25) is 0 Å². The largest absolute Gasteiger partial charge is 0.481 e. The average molecular weight is 290 g/mol. The molecule has 0 radical (unpaired) electrons.